The van der Waals surface area contributed by atoms with Gasteiger partial charge >= 0.3 is 13.1 Å². The molecule has 1 aromatic carbocycles. The Morgan fingerprint density at radius 3 is 2.54 bits per heavy atom. The summed E-state index contributed by atoms with van der Waals surface area (Å²) in [7, 11) is -2.05. The number of anilines is 1. The highest BCUT2D eigenvalue weighted by atomic mass is 35.5. The van der Waals surface area contributed by atoms with Gasteiger partial charge in [0.1, 0.15) is 17.0 Å². The summed E-state index contributed by atoms with van der Waals surface area (Å²) in [6.07, 6.45) is -0.311. The normalized spacial score (nSPS) is 12.0. The average molecular weight is 431 g/mol. The first-order chi connectivity index (χ1) is 12.7. The standard InChI is InChI=1S/C14H15BN4O7S.ClH/c16-14-17-8(5-27-14)10(19-26)12(21)18-9(15(24)25)4-6-2-1-3-7(11(6)20)13(22)23;/h1-3,5,9,20,24-26H,4H2,(H2,16,17)(H,18,21)(H,22,23);1H/b19-10+;. The van der Waals surface area contributed by atoms with Crippen molar-refractivity contribution in [1.82, 2.24) is 10.3 Å². The topological polar surface area (TPSA) is 199 Å². The van der Waals surface area contributed by atoms with E-state index in [1.807, 2.05) is 0 Å². The second kappa shape index (κ2) is 9.89. The zero-order chi connectivity index (χ0) is 20.1. The fraction of sp³-hybridized carbons (Fsp3) is 0.143. The van der Waals surface area contributed by atoms with Crippen LogP contribution >= 0.6 is 23.7 Å². The summed E-state index contributed by atoms with van der Waals surface area (Å²) in [5.74, 6) is -4.25. The lowest BCUT2D eigenvalue weighted by Gasteiger charge is -2.18. The van der Waals surface area contributed by atoms with Gasteiger partial charge in [0.05, 0.1) is 5.94 Å². The van der Waals surface area contributed by atoms with Crippen LogP contribution < -0.4 is 11.1 Å². The number of oxime groups is 1. The Bertz CT molecular complexity index is 892. The molecule has 0 aliphatic rings. The molecule has 0 radical (unpaired) electrons. The van der Waals surface area contributed by atoms with Crippen LogP contribution in [0.1, 0.15) is 21.6 Å². The largest absolute Gasteiger partial charge is 0.507 e. The Balaban J connectivity index is 0.00000392. The van der Waals surface area contributed by atoms with Crippen LogP contribution in [0.5, 0.6) is 5.75 Å². The monoisotopic (exact) mass is 430 g/mol. The summed E-state index contributed by atoms with van der Waals surface area (Å²) < 4.78 is 0. The van der Waals surface area contributed by atoms with E-state index >= 15 is 0 Å². The second-order valence-corrected chi connectivity index (χ2v) is 6.23. The molecule has 2 rings (SSSR count). The predicted octanol–water partition coefficient (Wildman–Crippen LogP) is -0.531. The molecule has 0 bridgehead atoms. The molecule has 14 heteroatoms. The molecular formula is C14H16BClN4O7S. The number of aromatic nitrogens is 1. The number of carboxylic acid groups (broad SMARTS) is 1. The Morgan fingerprint density at radius 1 is 1.36 bits per heavy atom. The van der Waals surface area contributed by atoms with Crippen molar-refractivity contribution in [2.24, 2.45) is 5.16 Å². The molecule has 1 aromatic heterocycles. The number of aromatic hydroxyl groups is 1. The van der Waals surface area contributed by atoms with Gasteiger partial charge in [-0.05, 0) is 18.1 Å². The zero-order valence-corrected chi connectivity index (χ0v) is 15.6. The number of nitrogens with zero attached hydrogens (tertiary/aromatic N) is 2. The molecule has 0 aliphatic carbocycles. The first kappa shape index (κ1) is 23.2. The highest BCUT2D eigenvalue weighted by molar-refractivity contribution is 7.13. The van der Waals surface area contributed by atoms with Crippen LogP contribution in [0.2, 0.25) is 0 Å². The third-order valence-electron chi connectivity index (χ3n) is 3.55. The van der Waals surface area contributed by atoms with Gasteiger partial charge in [-0.25, -0.2) is 9.78 Å². The van der Waals surface area contributed by atoms with E-state index in [1.54, 1.807) is 0 Å². The molecule has 1 atom stereocenters. The molecule has 0 saturated heterocycles. The molecule has 2 aromatic rings. The second-order valence-electron chi connectivity index (χ2n) is 5.34. The Morgan fingerprint density at radius 2 is 2.04 bits per heavy atom. The maximum Gasteiger partial charge on any atom is 0.475 e. The molecule has 11 nitrogen and oxygen atoms in total. The molecule has 0 spiro atoms. The van der Waals surface area contributed by atoms with E-state index in [-0.39, 0.29) is 40.8 Å². The van der Waals surface area contributed by atoms with Crippen molar-refractivity contribution in [2.75, 3.05) is 5.73 Å². The Labute approximate surface area is 168 Å². The minimum absolute atomic E-state index is 0. The number of thiazole rings is 1. The van der Waals surface area contributed by atoms with Crippen LogP contribution in [0.15, 0.2) is 28.7 Å². The number of carbonyl (C=O) groups excluding carboxylic acids is 1. The lowest BCUT2D eigenvalue weighted by atomic mass is 9.75. The van der Waals surface area contributed by atoms with Crippen LogP contribution in [0.25, 0.3) is 0 Å². The molecule has 1 amide bonds. The number of rotatable bonds is 7. The number of carboxylic acids is 1. The van der Waals surface area contributed by atoms with Gasteiger partial charge in [0.2, 0.25) is 0 Å². The number of aromatic carboxylic acids is 1. The van der Waals surface area contributed by atoms with Crippen LogP contribution in [0.3, 0.4) is 0 Å². The highest BCUT2D eigenvalue weighted by Gasteiger charge is 2.30. The number of hydrogen-bond donors (Lipinski definition) is 7. The first-order valence-electron chi connectivity index (χ1n) is 7.39. The number of benzene rings is 1. The van der Waals surface area contributed by atoms with Gasteiger partial charge in [-0.15, -0.1) is 23.7 Å². The van der Waals surface area contributed by atoms with Gasteiger partial charge in [0.25, 0.3) is 5.91 Å². The highest BCUT2D eigenvalue weighted by Crippen LogP contribution is 2.24. The number of para-hydroxylation sites is 1. The van der Waals surface area contributed by atoms with E-state index in [2.05, 4.69) is 15.5 Å². The number of nitrogens with one attached hydrogen (secondary N) is 1. The van der Waals surface area contributed by atoms with Crippen molar-refractivity contribution in [3.05, 3.63) is 40.4 Å². The number of carbonyl (C=O) groups is 2. The van der Waals surface area contributed by atoms with Crippen molar-refractivity contribution in [3.63, 3.8) is 0 Å². The third kappa shape index (κ3) is 5.33. The van der Waals surface area contributed by atoms with Crippen molar-refractivity contribution in [3.8, 4) is 5.75 Å². The van der Waals surface area contributed by atoms with E-state index in [0.29, 0.717) is 0 Å². The summed E-state index contributed by atoms with van der Waals surface area (Å²) in [5, 5.41) is 53.7. The summed E-state index contributed by atoms with van der Waals surface area (Å²) in [6.45, 7) is 0. The number of halogens is 1. The Hall–Kier alpha value is -2.87. The lowest BCUT2D eigenvalue weighted by molar-refractivity contribution is -0.115. The number of nitrogens with two attached hydrogens (primary N) is 1. The minimum atomic E-state index is -2.05. The van der Waals surface area contributed by atoms with Gasteiger partial charge in [0, 0.05) is 5.38 Å². The van der Waals surface area contributed by atoms with Crippen LogP contribution in [-0.4, -0.2) is 61.1 Å². The first-order valence-corrected chi connectivity index (χ1v) is 8.27. The van der Waals surface area contributed by atoms with Crippen LogP contribution in [-0.2, 0) is 11.2 Å². The molecule has 0 saturated carbocycles. The van der Waals surface area contributed by atoms with E-state index in [9.17, 15) is 24.7 Å². The number of phenols is 1. The van der Waals surface area contributed by atoms with E-state index < -0.39 is 36.4 Å². The molecule has 28 heavy (non-hydrogen) atoms. The van der Waals surface area contributed by atoms with Gasteiger partial charge in [-0.3, -0.25) is 4.79 Å². The van der Waals surface area contributed by atoms with E-state index in [4.69, 9.17) is 16.0 Å². The summed E-state index contributed by atoms with van der Waals surface area (Å²) >= 11 is 1.01. The zero-order valence-electron chi connectivity index (χ0n) is 14.0. The quantitative estimate of drug-likeness (QED) is 0.130. The van der Waals surface area contributed by atoms with Crippen molar-refractivity contribution in [2.45, 2.75) is 12.4 Å². The van der Waals surface area contributed by atoms with Crippen LogP contribution in [0, 0.1) is 0 Å². The predicted molar refractivity (Wildman–Crippen MR) is 103 cm³/mol. The SMILES string of the molecule is Cl.Nc1nc(/C(=N\O)C(=O)NC(Cc2cccc(C(=O)O)c2O)B(O)O)cs1. The maximum absolute atomic E-state index is 12.3. The molecule has 0 aliphatic heterocycles. The van der Waals surface area contributed by atoms with Gasteiger partial charge in [-0.1, -0.05) is 17.3 Å². The lowest BCUT2D eigenvalue weighted by Crippen LogP contribution is -2.50. The molecular weight excluding hydrogens is 415 g/mol. The summed E-state index contributed by atoms with van der Waals surface area (Å²) in [6, 6.07) is 3.90. The molecule has 1 heterocycles. The molecule has 1 unspecified atom stereocenters. The summed E-state index contributed by atoms with van der Waals surface area (Å²) in [4.78, 5) is 27.2. The number of hydrogen-bond acceptors (Lipinski definition) is 10. The van der Waals surface area contributed by atoms with Crippen LogP contribution in [0.4, 0.5) is 5.13 Å². The van der Waals surface area contributed by atoms with Gasteiger partial charge < -0.3 is 36.5 Å². The maximum atomic E-state index is 12.3. The third-order valence-corrected chi connectivity index (χ3v) is 4.22. The van der Waals surface area contributed by atoms with Gasteiger partial charge in [0.15, 0.2) is 10.8 Å². The molecule has 8 N–H and O–H groups in total. The average Bonchev–Trinajstić information content (AvgIpc) is 3.02. The Kier molecular flexibility index (Phi) is 8.19. The molecule has 150 valence electrons. The number of amides is 1. The summed E-state index contributed by atoms with van der Waals surface area (Å²) in [5.41, 5.74) is 4.63. The fourth-order valence-electron chi connectivity index (χ4n) is 2.24. The van der Waals surface area contributed by atoms with Crippen molar-refractivity contribution < 1.29 is 35.1 Å². The molecule has 0 fully saturated rings. The smallest absolute Gasteiger partial charge is 0.475 e. The van der Waals surface area contributed by atoms with E-state index in [1.165, 1.54) is 23.6 Å². The van der Waals surface area contributed by atoms with Crippen molar-refractivity contribution >= 4 is 53.6 Å². The fourth-order valence-corrected chi connectivity index (χ4v) is 2.79. The number of nitrogen functional groups attached to an aromatic ring is 1. The van der Waals surface area contributed by atoms with E-state index in [0.717, 1.165) is 11.3 Å². The minimum Gasteiger partial charge on any atom is -0.507 e. The van der Waals surface area contributed by atoms with Gasteiger partial charge in [-0.2, -0.15) is 0 Å². The van der Waals surface area contributed by atoms with Crippen molar-refractivity contribution in [1.29, 1.82) is 0 Å².